The number of alkyl halides is 2. The van der Waals surface area contributed by atoms with Gasteiger partial charge in [-0.1, -0.05) is 49.4 Å². The molecule has 0 bridgehead atoms. The second-order valence-corrected chi connectivity index (χ2v) is 9.08. The molecule has 3 rings (SSSR count). The third-order valence-corrected chi connectivity index (χ3v) is 6.80. The van der Waals surface area contributed by atoms with Crippen molar-refractivity contribution in [1.82, 2.24) is 4.90 Å². The standard InChI is InChI=1S/C24H27F2NO4S/c1-16(17-7-4-3-5-8-17)20(28)12-10-18-15-24(25,26)23(30)27(18)14-6-9-19-11-13-21(32-19)22(29)31-2/h3-5,7-8,10-13,16,18,20,28H,6,9,14-15H2,1-2H3/b12-10+/t16-,18-,20-/m0/s1. The normalized spacial score (nSPS) is 20.0. The average Bonchev–Trinajstić information content (AvgIpc) is 3.35. The van der Waals surface area contributed by atoms with Crippen molar-refractivity contribution in [3.8, 4) is 0 Å². The molecular formula is C24H27F2NO4S. The fourth-order valence-electron chi connectivity index (χ4n) is 3.77. The number of carbonyl (C=O) groups excluding carboxylic acids is 2. The summed E-state index contributed by atoms with van der Waals surface area (Å²) in [6, 6.07) is 12.1. The van der Waals surface area contributed by atoms with E-state index in [4.69, 9.17) is 0 Å². The summed E-state index contributed by atoms with van der Waals surface area (Å²) in [7, 11) is 1.31. The van der Waals surface area contributed by atoms with Crippen molar-refractivity contribution in [2.45, 2.75) is 50.2 Å². The van der Waals surface area contributed by atoms with E-state index in [1.165, 1.54) is 35.5 Å². The zero-order valence-electron chi connectivity index (χ0n) is 18.0. The number of nitrogens with zero attached hydrogens (tertiary/aromatic N) is 1. The Morgan fingerprint density at radius 1 is 1.31 bits per heavy atom. The van der Waals surface area contributed by atoms with Gasteiger partial charge in [-0.3, -0.25) is 4.79 Å². The summed E-state index contributed by atoms with van der Waals surface area (Å²) < 4.78 is 32.9. The Hall–Kier alpha value is -2.58. The smallest absolute Gasteiger partial charge is 0.348 e. The molecule has 1 aliphatic heterocycles. The number of esters is 1. The number of rotatable bonds is 9. The number of methoxy groups -OCH3 is 1. The van der Waals surface area contributed by atoms with Crippen LogP contribution in [0.25, 0.3) is 0 Å². The van der Waals surface area contributed by atoms with Crippen LogP contribution < -0.4 is 0 Å². The zero-order chi connectivity index (χ0) is 23.3. The molecule has 32 heavy (non-hydrogen) atoms. The van der Waals surface area contributed by atoms with E-state index in [1.54, 1.807) is 12.1 Å². The molecule has 172 valence electrons. The van der Waals surface area contributed by atoms with Gasteiger partial charge in [-0.2, -0.15) is 8.78 Å². The Kier molecular flexibility index (Phi) is 7.79. The lowest BCUT2D eigenvalue weighted by Crippen LogP contribution is -2.36. The summed E-state index contributed by atoms with van der Waals surface area (Å²) in [6.07, 6.45) is 2.61. The number of aliphatic hydroxyl groups excluding tert-OH is 1. The quantitative estimate of drug-likeness (QED) is 0.442. The summed E-state index contributed by atoms with van der Waals surface area (Å²) >= 11 is 1.29. The Bertz CT molecular complexity index is 960. The van der Waals surface area contributed by atoms with Crippen molar-refractivity contribution in [3.63, 3.8) is 0 Å². The molecule has 3 atom stereocenters. The van der Waals surface area contributed by atoms with E-state index < -0.39 is 36.4 Å². The number of thiophene rings is 1. The first-order valence-corrected chi connectivity index (χ1v) is 11.3. The third-order valence-electron chi connectivity index (χ3n) is 5.68. The fourth-order valence-corrected chi connectivity index (χ4v) is 4.74. The van der Waals surface area contributed by atoms with Gasteiger partial charge in [0.2, 0.25) is 0 Å². The van der Waals surface area contributed by atoms with Crippen LogP contribution in [-0.2, 0) is 16.0 Å². The number of hydrogen-bond acceptors (Lipinski definition) is 5. The summed E-state index contributed by atoms with van der Waals surface area (Å²) in [5, 5.41) is 10.5. The molecule has 1 aliphatic rings. The maximum atomic E-state index is 14.1. The average molecular weight is 464 g/mol. The molecule has 5 nitrogen and oxygen atoms in total. The molecule has 0 saturated carbocycles. The molecular weight excluding hydrogens is 436 g/mol. The number of aryl methyl sites for hydroxylation is 1. The van der Waals surface area contributed by atoms with E-state index in [9.17, 15) is 23.5 Å². The van der Waals surface area contributed by atoms with Gasteiger partial charge >= 0.3 is 11.9 Å². The minimum absolute atomic E-state index is 0.166. The maximum absolute atomic E-state index is 14.1. The minimum atomic E-state index is -3.41. The predicted octanol–water partition coefficient (Wildman–Crippen LogP) is 4.42. The number of halogens is 2. The molecule has 1 aromatic carbocycles. The predicted molar refractivity (Wildman–Crippen MR) is 119 cm³/mol. The molecule has 0 spiro atoms. The van der Waals surface area contributed by atoms with Crippen LogP contribution in [0.1, 0.15) is 45.8 Å². The lowest BCUT2D eigenvalue weighted by molar-refractivity contribution is -0.148. The number of aliphatic hydroxyl groups is 1. The number of hydrogen-bond donors (Lipinski definition) is 1. The highest BCUT2D eigenvalue weighted by atomic mass is 32.1. The second kappa shape index (κ2) is 10.4. The molecule has 2 aromatic rings. The van der Waals surface area contributed by atoms with Gasteiger partial charge < -0.3 is 14.7 Å². The van der Waals surface area contributed by atoms with Crippen molar-refractivity contribution >= 4 is 23.2 Å². The van der Waals surface area contributed by atoms with Crippen molar-refractivity contribution in [2.24, 2.45) is 0 Å². The molecule has 1 amide bonds. The van der Waals surface area contributed by atoms with Gasteiger partial charge in [-0.15, -0.1) is 11.3 Å². The Morgan fingerprint density at radius 3 is 2.72 bits per heavy atom. The highest BCUT2D eigenvalue weighted by Crippen LogP contribution is 2.35. The van der Waals surface area contributed by atoms with Gasteiger partial charge in [-0.25, -0.2) is 4.79 Å². The summed E-state index contributed by atoms with van der Waals surface area (Å²) in [5.74, 6) is -5.21. The largest absolute Gasteiger partial charge is 0.465 e. The second-order valence-electron chi connectivity index (χ2n) is 7.91. The monoisotopic (exact) mass is 463 g/mol. The Balaban J connectivity index is 1.61. The number of amides is 1. The molecule has 1 fully saturated rings. The van der Waals surface area contributed by atoms with Crippen molar-refractivity contribution in [3.05, 3.63) is 69.9 Å². The number of benzene rings is 1. The van der Waals surface area contributed by atoms with Crippen LogP contribution >= 0.6 is 11.3 Å². The van der Waals surface area contributed by atoms with E-state index in [1.807, 2.05) is 37.3 Å². The molecule has 0 unspecified atom stereocenters. The van der Waals surface area contributed by atoms with Crippen LogP contribution in [0.15, 0.2) is 54.6 Å². The van der Waals surface area contributed by atoms with Gasteiger partial charge in [0, 0.05) is 23.8 Å². The van der Waals surface area contributed by atoms with Crippen LogP contribution in [0.3, 0.4) is 0 Å². The van der Waals surface area contributed by atoms with Crippen LogP contribution in [0.4, 0.5) is 8.78 Å². The van der Waals surface area contributed by atoms with E-state index in [0.717, 1.165) is 10.4 Å². The van der Waals surface area contributed by atoms with Gasteiger partial charge in [0.05, 0.1) is 19.3 Å². The zero-order valence-corrected chi connectivity index (χ0v) is 18.9. The van der Waals surface area contributed by atoms with Gasteiger partial charge in [0.1, 0.15) is 4.88 Å². The fraction of sp³-hybridized carbons (Fsp3) is 0.417. The minimum Gasteiger partial charge on any atom is -0.465 e. The van der Waals surface area contributed by atoms with Crippen molar-refractivity contribution in [1.29, 1.82) is 0 Å². The third kappa shape index (κ3) is 5.61. The summed E-state index contributed by atoms with van der Waals surface area (Å²) in [5.41, 5.74) is 0.941. The molecule has 1 N–H and O–H groups in total. The molecule has 0 radical (unpaired) electrons. The van der Waals surface area contributed by atoms with E-state index >= 15 is 0 Å². The topological polar surface area (TPSA) is 66.8 Å². The lowest BCUT2D eigenvalue weighted by Gasteiger charge is -2.22. The van der Waals surface area contributed by atoms with E-state index in [2.05, 4.69) is 4.74 Å². The van der Waals surface area contributed by atoms with E-state index in [0.29, 0.717) is 17.7 Å². The maximum Gasteiger partial charge on any atom is 0.348 e. The first kappa shape index (κ1) is 24.1. The number of ether oxygens (including phenoxy) is 1. The van der Waals surface area contributed by atoms with Crippen LogP contribution in [0.2, 0.25) is 0 Å². The molecule has 8 heteroatoms. The highest BCUT2D eigenvalue weighted by Gasteiger charge is 2.52. The number of carbonyl (C=O) groups is 2. The molecule has 1 saturated heterocycles. The summed E-state index contributed by atoms with van der Waals surface area (Å²) in [4.78, 5) is 26.4. The van der Waals surface area contributed by atoms with Gasteiger partial charge in [0.25, 0.3) is 5.91 Å². The van der Waals surface area contributed by atoms with Crippen LogP contribution in [0.5, 0.6) is 0 Å². The van der Waals surface area contributed by atoms with Crippen molar-refractivity contribution < 1.29 is 28.2 Å². The Labute approximate surface area is 190 Å². The van der Waals surface area contributed by atoms with Gasteiger partial charge in [0.15, 0.2) is 0 Å². The SMILES string of the molecule is COC(=O)c1ccc(CCCN2C(=O)C(F)(F)C[C@@H]2/C=C/[C@H](O)[C@@H](C)c2ccccc2)s1. The highest BCUT2D eigenvalue weighted by molar-refractivity contribution is 7.13. The van der Waals surface area contributed by atoms with Crippen LogP contribution in [0, 0.1) is 0 Å². The summed E-state index contributed by atoms with van der Waals surface area (Å²) in [6.45, 7) is 2.03. The molecule has 1 aromatic heterocycles. The Morgan fingerprint density at radius 2 is 2.03 bits per heavy atom. The number of likely N-dealkylation sites (tertiary alicyclic amines) is 1. The van der Waals surface area contributed by atoms with E-state index in [-0.39, 0.29) is 12.5 Å². The first-order chi connectivity index (χ1) is 15.2. The molecule has 0 aliphatic carbocycles. The lowest BCUT2D eigenvalue weighted by atomic mass is 9.94. The molecule has 2 heterocycles. The van der Waals surface area contributed by atoms with Crippen LogP contribution in [-0.4, -0.2) is 53.6 Å². The first-order valence-electron chi connectivity index (χ1n) is 10.5. The van der Waals surface area contributed by atoms with Crippen molar-refractivity contribution in [2.75, 3.05) is 13.7 Å². The van der Waals surface area contributed by atoms with Gasteiger partial charge in [-0.05, 0) is 30.5 Å².